The maximum Gasteiger partial charge on any atom is 0.321 e. The Morgan fingerprint density at radius 3 is 2.62 bits per heavy atom. The van der Waals surface area contributed by atoms with E-state index < -0.39 is 27.3 Å². The first kappa shape index (κ1) is 13.4. The van der Waals surface area contributed by atoms with Crippen molar-refractivity contribution in [3.63, 3.8) is 0 Å². The molecule has 6 nitrogen and oxygen atoms in total. The van der Waals surface area contributed by atoms with E-state index in [0.717, 1.165) is 0 Å². The van der Waals surface area contributed by atoms with E-state index in [1.807, 2.05) is 0 Å². The molecule has 1 aliphatic carbocycles. The molecular weight excluding hydrogens is 234 g/mol. The van der Waals surface area contributed by atoms with Crippen LogP contribution in [0.15, 0.2) is 0 Å². The fourth-order valence-corrected chi connectivity index (χ4v) is 2.90. The molecule has 16 heavy (non-hydrogen) atoms. The molecule has 0 bridgehead atoms. The maximum atomic E-state index is 11.5. The van der Waals surface area contributed by atoms with Crippen molar-refractivity contribution in [3.8, 4) is 0 Å². The number of rotatable bonds is 8. The zero-order valence-corrected chi connectivity index (χ0v) is 10.00. The van der Waals surface area contributed by atoms with Crippen molar-refractivity contribution in [2.45, 2.75) is 37.0 Å². The van der Waals surface area contributed by atoms with E-state index in [2.05, 4.69) is 4.72 Å². The van der Waals surface area contributed by atoms with Crippen LogP contribution in [0.25, 0.3) is 0 Å². The van der Waals surface area contributed by atoms with Gasteiger partial charge in [-0.15, -0.1) is 0 Å². The van der Waals surface area contributed by atoms with E-state index in [9.17, 15) is 13.2 Å². The fraction of sp³-hybridized carbons (Fsp3) is 0.889. The van der Waals surface area contributed by atoms with Crippen LogP contribution in [0.1, 0.15) is 25.7 Å². The van der Waals surface area contributed by atoms with E-state index in [-0.39, 0.29) is 6.42 Å². The standard InChI is InChI=1S/C9H17NO5S/c1-15-6-2-3-8(9(11)12)10-16(13,14)7-4-5-7/h7-8,10H,2-6H2,1H3,(H,11,12). The summed E-state index contributed by atoms with van der Waals surface area (Å²) in [7, 11) is -1.92. The number of hydrogen-bond donors (Lipinski definition) is 2. The van der Waals surface area contributed by atoms with Gasteiger partial charge >= 0.3 is 5.97 Å². The molecule has 1 saturated carbocycles. The molecule has 1 atom stereocenters. The summed E-state index contributed by atoms with van der Waals surface area (Å²) >= 11 is 0. The number of carboxylic acids is 1. The molecule has 94 valence electrons. The van der Waals surface area contributed by atoms with Crippen molar-refractivity contribution in [1.82, 2.24) is 4.72 Å². The fourth-order valence-electron chi connectivity index (χ4n) is 1.34. The average Bonchev–Trinajstić information content (AvgIpc) is 2.99. The van der Waals surface area contributed by atoms with Crippen LogP contribution >= 0.6 is 0 Å². The molecule has 0 aromatic rings. The van der Waals surface area contributed by atoms with Crippen molar-refractivity contribution in [3.05, 3.63) is 0 Å². The molecule has 2 N–H and O–H groups in total. The summed E-state index contributed by atoms with van der Waals surface area (Å²) in [5, 5.41) is 8.48. The van der Waals surface area contributed by atoms with E-state index in [0.29, 0.717) is 25.9 Å². The number of carbonyl (C=O) groups is 1. The van der Waals surface area contributed by atoms with E-state index in [4.69, 9.17) is 9.84 Å². The Labute approximate surface area is 95.0 Å². The van der Waals surface area contributed by atoms with Crippen LogP contribution in [0.4, 0.5) is 0 Å². The summed E-state index contributed by atoms with van der Waals surface area (Å²) in [5.41, 5.74) is 0. The lowest BCUT2D eigenvalue weighted by molar-refractivity contribution is -0.139. The Morgan fingerprint density at radius 1 is 1.56 bits per heavy atom. The molecule has 1 rings (SSSR count). The Morgan fingerprint density at radius 2 is 2.19 bits per heavy atom. The minimum Gasteiger partial charge on any atom is -0.480 e. The molecular formula is C9H17NO5S. The first-order chi connectivity index (χ1) is 7.47. The molecule has 0 saturated heterocycles. The second-order valence-electron chi connectivity index (χ2n) is 3.89. The highest BCUT2D eigenvalue weighted by Gasteiger charge is 2.38. The lowest BCUT2D eigenvalue weighted by Gasteiger charge is -2.14. The summed E-state index contributed by atoms with van der Waals surface area (Å²) in [5.74, 6) is -1.14. The molecule has 0 aromatic carbocycles. The number of aliphatic carboxylic acids is 1. The second kappa shape index (κ2) is 5.60. The van der Waals surface area contributed by atoms with Crippen LogP contribution in [0.3, 0.4) is 0 Å². The van der Waals surface area contributed by atoms with E-state index in [1.165, 1.54) is 7.11 Å². The lowest BCUT2D eigenvalue weighted by Crippen LogP contribution is -2.42. The van der Waals surface area contributed by atoms with Crippen molar-refractivity contribution < 1.29 is 23.1 Å². The third-order valence-corrected chi connectivity index (χ3v) is 4.37. The Balaban J connectivity index is 2.47. The van der Waals surface area contributed by atoms with Gasteiger partial charge in [0.2, 0.25) is 10.0 Å². The number of nitrogens with one attached hydrogen (secondary N) is 1. The zero-order chi connectivity index (χ0) is 12.2. The van der Waals surface area contributed by atoms with Crippen LogP contribution in [-0.2, 0) is 19.6 Å². The van der Waals surface area contributed by atoms with Gasteiger partial charge < -0.3 is 9.84 Å². The molecule has 1 aliphatic rings. The summed E-state index contributed by atoms with van der Waals surface area (Å²) in [6.07, 6.45) is 2.01. The van der Waals surface area contributed by atoms with Crippen molar-refractivity contribution >= 4 is 16.0 Å². The quantitative estimate of drug-likeness (QED) is 0.590. The third-order valence-electron chi connectivity index (χ3n) is 2.41. The molecule has 0 aromatic heterocycles. The van der Waals surface area contributed by atoms with Crippen LogP contribution in [0, 0.1) is 0 Å². The highest BCUT2D eigenvalue weighted by atomic mass is 32.2. The SMILES string of the molecule is COCCCC(NS(=O)(=O)C1CC1)C(=O)O. The summed E-state index contributed by atoms with van der Waals surface area (Å²) in [4.78, 5) is 10.8. The predicted molar refractivity (Wildman–Crippen MR) is 57.6 cm³/mol. The zero-order valence-electron chi connectivity index (χ0n) is 9.18. The number of hydrogen-bond acceptors (Lipinski definition) is 4. The highest BCUT2D eigenvalue weighted by molar-refractivity contribution is 7.90. The monoisotopic (exact) mass is 251 g/mol. The van der Waals surface area contributed by atoms with Gasteiger partial charge in [0, 0.05) is 13.7 Å². The largest absolute Gasteiger partial charge is 0.480 e. The predicted octanol–water partition coefficient (Wildman–Crippen LogP) is -0.0520. The molecule has 0 aliphatic heterocycles. The molecule has 0 amide bonds. The molecule has 7 heteroatoms. The molecule has 0 spiro atoms. The van der Waals surface area contributed by atoms with Gasteiger partial charge in [0.05, 0.1) is 5.25 Å². The van der Waals surface area contributed by atoms with Gasteiger partial charge in [0.15, 0.2) is 0 Å². The van der Waals surface area contributed by atoms with Gasteiger partial charge in [-0.25, -0.2) is 13.1 Å². The Hall–Kier alpha value is -0.660. The average molecular weight is 251 g/mol. The van der Waals surface area contributed by atoms with Gasteiger partial charge in [-0.2, -0.15) is 0 Å². The summed E-state index contributed by atoms with van der Waals surface area (Å²) in [6.45, 7) is 0.426. The van der Waals surface area contributed by atoms with Gasteiger partial charge in [0.1, 0.15) is 6.04 Å². The molecule has 0 heterocycles. The van der Waals surface area contributed by atoms with Crippen LogP contribution in [0.5, 0.6) is 0 Å². The van der Waals surface area contributed by atoms with Crippen LogP contribution in [0.2, 0.25) is 0 Å². The first-order valence-corrected chi connectivity index (χ1v) is 6.75. The Bertz CT molecular complexity index is 336. The van der Waals surface area contributed by atoms with Gasteiger partial charge in [-0.3, -0.25) is 4.79 Å². The van der Waals surface area contributed by atoms with Crippen LogP contribution < -0.4 is 4.72 Å². The summed E-state index contributed by atoms with van der Waals surface area (Å²) < 4.78 is 30.1. The van der Waals surface area contributed by atoms with Gasteiger partial charge in [0.25, 0.3) is 0 Å². The minimum absolute atomic E-state index is 0.245. The normalized spacial score (nSPS) is 18.3. The van der Waals surface area contributed by atoms with Crippen LogP contribution in [-0.4, -0.2) is 44.5 Å². The van der Waals surface area contributed by atoms with Crippen molar-refractivity contribution in [1.29, 1.82) is 0 Å². The number of methoxy groups -OCH3 is 1. The third kappa shape index (κ3) is 4.07. The minimum atomic E-state index is -3.44. The highest BCUT2D eigenvalue weighted by Crippen LogP contribution is 2.27. The molecule has 0 radical (unpaired) electrons. The van der Waals surface area contributed by atoms with Gasteiger partial charge in [-0.05, 0) is 25.7 Å². The summed E-state index contributed by atoms with van der Waals surface area (Å²) in [6, 6.07) is -1.04. The van der Waals surface area contributed by atoms with E-state index >= 15 is 0 Å². The Kier molecular flexibility index (Phi) is 4.69. The number of sulfonamides is 1. The topological polar surface area (TPSA) is 92.7 Å². The van der Waals surface area contributed by atoms with E-state index in [1.54, 1.807) is 0 Å². The number of ether oxygens (including phenoxy) is 1. The van der Waals surface area contributed by atoms with Crippen molar-refractivity contribution in [2.75, 3.05) is 13.7 Å². The lowest BCUT2D eigenvalue weighted by atomic mass is 10.2. The van der Waals surface area contributed by atoms with Gasteiger partial charge in [-0.1, -0.05) is 0 Å². The molecule has 1 unspecified atom stereocenters. The van der Waals surface area contributed by atoms with Crippen molar-refractivity contribution in [2.24, 2.45) is 0 Å². The second-order valence-corrected chi connectivity index (χ2v) is 5.88. The first-order valence-electron chi connectivity index (χ1n) is 5.20. The smallest absolute Gasteiger partial charge is 0.321 e. The maximum absolute atomic E-state index is 11.5. The number of carboxylic acid groups (broad SMARTS) is 1. The molecule has 1 fully saturated rings.